The second-order valence-electron chi connectivity index (χ2n) is 4.34. The van der Waals surface area contributed by atoms with E-state index in [4.69, 9.17) is 4.42 Å². The minimum absolute atomic E-state index is 0.0259. The number of methoxy groups -OCH3 is 1. The summed E-state index contributed by atoms with van der Waals surface area (Å²) in [4.78, 5) is 23.2. The molecule has 1 aromatic heterocycles. The quantitative estimate of drug-likeness (QED) is 0.621. The van der Waals surface area contributed by atoms with Gasteiger partial charge in [0.1, 0.15) is 0 Å². The smallest absolute Gasteiger partial charge is 0.373 e. The van der Waals surface area contributed by atoms with Gasteiger partial charge in [-0.15, -0.1) is 0 Å². The molecule has 0 amide bonds. The maximum absolute atomic E-state index is 12.0. The van der Waals surface area contributed by atoms with Crippen molar-refractivity contribution in [2.75, 3.05) is 18.6 Å². The Balaban J connectivity index is 1.95. The van der Waals surface area contributed by atoms with Crippen molar-refractivity contribution in [3.05, 3.63) is 23.7 Å². The Labute approximate surface area is 110 Å². The number of Topliss-reactive ketones (excluding diaryl/α,β-unsaturated/α-hetero) is 1. The van der Waals surface area contributed by atoms with E-state index in [-0.39, 0.29) is 17.3 Å². The van der Waals surface area contributed by atoms with E-state index in [1.807, 2.05) is 11.8 Å². The lowest BCUT2D eigenvalue weighted by Gasteiger charge is -2.19. The Hall–Kier alpha value is -1.23. The summed E-state index contributed by atoms with van der Waals surface area (Å²) in [5.41, 5.74) is 0. The number of rotatable bonds is 4. The highest BCUT2D eigenvalue weighted by Crippen LogP contribution is 2.26. The van der Waals surface area contributed by atoms with E-state index in [2.05, 4.69) is 4.74 Å². The van der Waals surface area contributed by atoms with E-state index < -0.39 is 5.97 Å². The number of carbonyl (C=O) groups is 2. The Morgan fingerprint density at radius 2 is 2.00 bits per heavy atom. The molecule has 1 aliphatic rings. The zero-order chi connectivity index (χ0) is 13.0. The van der Waals surface area contributed by atoms with Gasteiger partial charge in [-0.25, -0.2) is 4.79 Å². The Morgan fingerprint density at radius 3 is 2.67 bits per heavy atom. The highest BCUT2D eigenvalue weighted by molar-refractivity contribution is 7.99. The molecule has 0 bridgehead atoms. The first-order valence-corrected chi connectivity index (χ1v) is 7.15. The lowest BCUT2D eigenvalue weighted by Crippen LogP contribution is -2.14. The van der Waals surface area contributed by atoms with E-state index in [9.17, 15) is 9.59 Å². The standard InChI is InChI=1S/C13H16O4S/c1-16-13(15)12-3-2-11(17-12)10(14)8-9-4-6-18-7-5-9/h2-3,9H,4-8H2,1H3. The fourth-order valence-electron chi connectivity index (χ4n) is 2.01. The van der Waals surface area contributed by atoms with Crippen LogP contribution in [0.1, 0.15) is 40.4 Å². The molecule has 0 saturated carbocycles. The van der Waals surface area contributed by atoms with Crippen LogP contribution in [0.5, 0.6) is 0 Å². The normalized spacial score (nSPS) is 16.5. The molecule has 1 fully saturated rings. The fourth-order valence-corrected chi connectivity index (χ4v) is 3.22. The third-order valence-electron chi connectivity index (χ3n) is 3.08. The molecule has 0 unspecified atom stereocenters. The van der Waals surface area contributed by atoms with Crippen molar-refractivity contribution < 1.29 is 18.7 Å². The predicted octanol–water partition coefficient (Wildman–Crippen LogP) is 2.78. The van der Waals surface area contributed by atoms with Gasteiger partial charge in [0.15, 0.2) is 11.5 Å². The van der Waals surface area contributed by atoms with Crippen LogP contribution in [-0.4, -0.2) is 30.4 Å². The van der Waals surface area contributed by atoms with Crippen molar-refractivity contribution in [3.63, 3.8) is 0 Å². The first kappa shape index (κ1) is 13.2. The lowest BCUT2D eigenvalue weighted by molar-refractivity contribution is 0.0563. The van der Waals surface area contributed by atoms with Gasteiger partial charge in [-0.2, -0.15) is 11.8 Å². The number of esters is 1. The summed E-state index contributed by atoms with van der Waals surface area (Å²) in [6, 6.07) is 3.03. The van der Waals surface area contributed by atoms with Gasteiger partial charge in [0, 0.05) is 6.42 Å². The Bertz CT molecular complexity index is 432. The third-order valence-corrected chi connectivity index (χ3v) is 4.13. The Kier molecular flexibility index (Phi) is 4.47. The molecule has 1 saturated heterocycles. The Morgan fingerprint density at radius 1 is 1.33 bits per heavy atom. The predicted molar refractivity (Wildman–Crippen MR) is 69.0 cm³/mol. The zero-order valence-electron chi connectivity index (χ0n) is 10.3. The first-order chi connectivity index (χ1) is 8.70. The number of furan rings is 1. The van der Waals surface area contributed by atoms with Crippen molar-refractivity contribution >= 4 is 23.5 Å². The van der Waals surface area contributed by atoms with Crippen LogP contribution in [0.2, 0.25) is 0 Å². The summed E-state index contributed by atoms with van der Waals surface area (Å²) in [7, 11) is 1.28. The van der Waals surface area contributed by atoms with Crippen LogP contribution in [0.3, 0.4) is 0 Å². The van der Waals surface area contributed by atoms with E-state index >= 15 is 0 Å². The first-order valence-electron chi connectivity index (χ1n) is 6.00. The molecule has 4 nitrogen and oxygen atoms in total. The SMILES string of the molecule is COC(=O)c1ccc(C(=O)CC2CCSCC2)o1. The van der Waals surface area contributed by atoms with Gasteiger partial charge >= 0.3 is 5.97 Å². The number of hydrogen-bond donors (Lipinski definition) is 0. The number of thioether (sulfide) groups is 1. The molecular formula is C13H16O4S. The van der Waals surface area contributed by atoms with Gasteiger partial charge in [-0.3, -0.25) is 4.79 Å². The number of ketones is 1. The minimum atomic E-state index is -0.553. The third kappa shape index (κ3) is 3.16. The summed E-state index contributed by atoms with van der Waals surface area (Å²) in [5.74, 6) is 2.47. The van der Waals surface area contributed by atoms with Gasteiger partial charge in [0.05, 0.1) is 7.11 Å². The molecule has 0 N–H and O–H groups in total. The molecule has 0 atom stereocenters. The van der Waals surface area contributed by atoms with Crippen molar-refractivity contribution in [1.29, 1.82) is 0 Å². The average molecular weight is 268 g/mol. The van der Waals surface area contributed by atoms with Crippen molar-refractivity contribution in [2.24, 2.45) is 5.92 Å². The summed E-state index contributed by atoms with van der Waals surface area (Å²) < 4.78 is 9.74. The average Bonchev–Trinajstić information content (AvgIpc) is 2.88. The molecule has 0 radical (unpaired) electrons. The molecule has 2 heterocycles. The summed E-state index contributed by atoms with van der Waals surface area (Å²) in [5, 5.41) is 0. The minimum Gasteiger partial charge on any atom is -0.463 e. The van der Waals surface area contributed by atoms with Crippen LogP contribution < -0.4 is 0 Å². The summed E-state index contributed by atoms with van der Waals surface area (Å²) in [6.07, 6.45) is 2.68. The van der Waals surface area contributed by atoms with Gasteiger partial charge in [0.2, 0.25) is 5.76 Å². The van der Waals surface area contributed by atoms with Crippen LogP contribution >= 0.6 is 11.8 Å². The van der Waals surface area contributed by atoms with Crippen LogP contribution in [0.15, 0.2) is 16.5 Å². The highest BCUT2D eigenvalue weighted by atomic mass is 32.2. The molecule has 0 spiro atoms. The molecule has 2 rings (SSSR count). The van der Waals surface area contributed by atoms with Crippen molar-refractivity contribution in [1.82, 2.24) is 0 Å². The maximum atomic E-state index is 12.0. The zero-order valence-corrected chi connectivity index (χ0v) is 11.1. The number of ether oxygens (including phenoxy) is 1. The molecule has 1 aromatic rings. The van der Waals surface area contributed by atoms with Gasteiger partial charge < -0.3 is 9.15 Å². The van der Waals surface area contributed by atoms with Crippen LogP contribution in [0.25, 0.3) is 0 Å². The number of carbonyl (C=O) groups excluding carboxylic acids is 2. The molecule has 5 heteroatoms. The lowest BCUT2D eigenvalue weighted by atomic mass is 9.96. The van der Waals surface area contributed by atoms with Gasteiger partial charge in [0.25, 0.3) is 0 Å². The van der Waals surface area contributed by atoms with Crippen LogP contribution in [0.4, 0.5) is 0 Å². The topological polar surface area (TPSA) is 56.5 Å². The second kappa shape index (κ2) is 6.09. The maximum Gasteiger partial charge on any atom is 0.373 e. The van der Waals surface area contributed by atoms with Gasteiger partial charge in [-0.05, 0) is 42.4 Å². The summed E-state index contributed by atoms with van der Waals surface area (Å²) >= 11 is 1.94. The number of hydrogen-bond acceptors (Lipinski definition) is 5. The molecule has 18 heavy (non-hydrogen) atoms. The monoisotopic (exact) mass is 268 g/mol. The van der Waals surface area contributed by atoms with Crippen LogP contribution in [0, 0.1) is 5.92 Å². The van der Waals surface area contributed by atoms with Gasteiger partial charge in [-0.1, -0.05) is 0 Å². The van der Waals surface area contributed by atoms with E-state index in [1.54, 1.807) is 6.07 Å². The van der Waals surface area contributed by atoms with Crippen molar-refractivity contribution in [3.8, 4) is 0 Å². The largest absolute Gasteiger partial charge is 0.463 e. The molecular weight excluding hydrogens is 252 g/mol. The van der Waals surface area contributed by atoms with E-state index in [0.29, 0.717) is 12.3 Å². The molecule has 0 aliphatic carbocycles. The second-order valence-corrected chi connectivity index (χ2v) is 5.56. The molecule has 0 aromatic carbocycles. The molecule has 98 valence electrons. The van der Waals surface area contributed by atoms with E-state index in [1.165, 1.54) is 13.2 Å². The van der Waals surface area contributed by atoms with Crippen LogP contribution in [-0.2, 0) is 4.74 Å². The fraction of sp³-hybridized carbons (Fsp3) is 0.538. The van der Waals surface area contributed by atoms with Crippen molar-refractivity contribution in [2.45, 2.75) is 19.3 Å². The highest BCUT2D eigenvalue weighted by Gasteiger charge is 2.21. The molecule has 1 aliphatic heterocycles. The van der Waals surface area contributed by atoms with E-state index in [0.717, 1.165) is 24.3 Å². The summed E-state index contributed by atoms with van der Waals surface area (Å²) in [6.45, 7) is 0.